The Morgan fingerprint density at radius 2 is 1.86 bits per heavy atom. The van der Waals surface area contributed by atoms with E-state index in [4.69, 9.17) is 17.4 Å². The Balaban J connectivity index is 1.64. The third kappa shape index (κ3) is 5.36. The molecule has 29 heavy (non-hydrogen) atoms. The molecular formula is C20H20ClN5O2S. The number of aryl methyl sites for hydroxylation is 2. The van der Waals surface area contributed by atoms with Crippen molar-refractivity contribution in [2.75, 3.05) is 16.9 Å². The minimum atomic E-state index is -0.452. The number of benzene rings is 2. The largest absolute Gasteiger partial charge is 0.334 e. The van der Waals surface area contributed by atoms with Gasteiger partial charge in [-0.2, -0.15) is 4.68 Å². The number of carbonyl (C=O) groups is 1. The van der Waals surface area contributed by atoms with E-state index in [9.17, 15) is 9.59 Å². The highest BCUT2D eigenvalue weighted by Gasteiger charge is 2.13. The summed E-state index contributed by atoms with van der Waals surface area (Å²) < 4.78 is 0.923. The molecule has 0 bridgehead atoms. The third-order valence-corrected chi connectivity index (χ3v) is 5.53. The van der Waals surface area contributed by atoms with Gasteiger partial charge in [0.2, 0.25) is 11.1 Å². The molecule has 0 aliphatic carbocycles. The van der Waals surface area contributed by atoms with E-state index in [0.29, 0.717) is 17.1 Å². The zero-order chi connectivity index (χ0) is 21.0. The maximum absolute atomic E-state index is 12.5. The summed E-state index contributed by atoms with van der Waals surface area (Å²) >= 11 is 6.92. The number of anilines is 1. The molecule has 0 fully saturated rings. The molecule has 150 valence electrons. The summed E-state index contributed by atoms with van der Waals surface area (Å²) in [5.74, 6) is 5.69. The van der Waals surface area contributed by atoms with Gasteiger partial charge in [0.25, 0.3) is 5.56 Å². The molecule has 0 aliphatic heterocycles. The van der Waals surface area contributed by atoms with Crippen LogP contribution in [0.15, 0.2) is 52.4 Å². The van der Waals surface area contributed by atoms with Crippen molar-refractivity contribution in [3.63, 3.8) is 0 Å². The zero-order valence-corrected chi connectivity index (χ0v) is 17.5. The van der Waals surface area contributed by atoms with Crippen LogP contribution in [-0.2, 0) is 11.2 Å². The Morgan fingerprint density at radius 1 is 1.14 bits per heavy atom. The smallest absolute Gasteiger partial charge is 0.294 e. The summed E-state index contributed by atoms with van der Waals surface area (Å²) in [5, 5.41) is 11.6. The van der Waals surface area contributed by atoms with Crippen LogP contribution in [0.2, 0.25) is 5.02 Å². The van der Waals surface area contributed by atoms with Crippen LogP contribution in [-0.4, -0.2) is 26.5 Å². The van der Waals surface area contributed by atoms with Crippen molar-refractivity contribution in [3.8, 4) is 0 Å². The lowest BCUT2D eigenvalue weighted by Gasteiger charge is -2.09. The second kappa shape index (κ2) is 9.11. The highest BCUT2D eigenvalue weighted by molar-refractivity contribution is 7.99. The fourth-order valence-electron chi connectivity index (χ4n) is 2.57. The molecule has 0 atom stereocenters. The van der Waals surface area contributed by atoms with E-state index in [1.165, 1.54) is 0 Å². The quantitative estimate of drug-likeness (QED) is 0.461. The number of hydrogen-bond donors (Lipinski definition) is 2. The maximum Gasteiger partial charge on any atom is 0.294 e. The number of hydrogen-bond acceptors (Lipinski definition) is 6. The molecule has 0 unspecified atom stereocenters. The summed E-state index contributed by atoms with van der Waals surface area (Å²) in [4.78, 5) is 24.7. The number of nitrogens with two attached hydrogens (primary N) is 1. The van der Waals surface area contributed by atoms with Gasteiger partial charge < -0.3 is 11.2 Å². The van der Waals surface area contributed by atoms with Gasteiger partial charge >= 0.3 is 0 Å². The summed E-state index contributed by atoms with van der Waals surface area (Å²) in [7, 11) is 0. The topological polar surface area (TPSA) is 103 Å². The first-order valence-corrected chi connectivity index (χ1v) is 10.2. The van der Waals surface area contributed by atoms with Crippen LogP contribution < -0.4 is 16.7 Å². The van der Waals surface area contributed by atoms with E-state index in [1.54, 1.807) is 12.1 Å². The van der Waals surface area contributed by atoms with Crippen LogP contribution in [0.25, 0.3) is 0 Å². The van der Waals surface area contributed by atoms with Crippen LogP contribution in [0.4, 0.5) is 5.69 Å². The first-order valence-electron chi connectivity index (χ1n) is 8.81. The summed E-state index contributed by atoms with van der Waals surface area (Å²) in [5.41, 5.74) is 3.60. The lowest BCUT2D eigenvalue weighted by molar-refractivity contribution is -0.113. The molecule has 0 spiro atoms. The highest BCUT2D eigenvalue weighted by atomic mass is 35.5. The number of halogens is 1. The van der Waals surface area contributed by atoms with Gasteiger partial charge in [0.1, 0.15) is 5.69 Å². The lowest BCUT2D eigenvalue weighted by atomic mass is 10.1. The average Bonchev–Trinajstić information content (AvgIpc) is 2.69. The Bertz CT molecular complexity index is 1100. The van der Waals surface area contributed by atoms with Gasteiger partial charge in [-0.05, 0) is 54.8 Å². The van der Waals surface area contributed by atoms with E-state index in [2.05, 4.69) is 15.5 Å². The van der Waals surface area contributed by atoms with E-state index >= 15 is 0 Å². The van der Waals surface area contributed by atoms with Crippen molar-refractivity contribution in [1.82, 2.24) is 14.9 Å². The highest BCUT2D eigenvalue weighted by Crippen LogP contribution is 2.17. The lowest BCUT2D eigenvalue weighted by Crippen LogP contribution is -2.34. The zero-order valence-electron chi connectivity index (χ0n) is 16.0. The van der Waals surface area contributed by atoms with E-state index in [0.717, 1.165) is 33.1 Å². The molecule has 3 rings (SSSR count). The first kappa shape index (κ1) is 20.9. The van der Waals surface area contributed by atoms with Crippen molar-refractivity contribution in [3.05, 3.63) is 80.2 Å². The molecule has 0 saturated heterocycles. The monoisotopic (exact) mass is 429 g/mol. The number of amides is 1. The number of carbonyl (C=O) groups excluding carboxylic acids is 1. The molecule has 9 heteroatoms. The molecule has 0 saturated carbocycles. The van der Waals surface area contributed by atoms with Crippen LogP contribution in [0.3, 0.4) is 0 Å². The number of thioether (sulfide) groups is 1. The van der Waals surface area contributed by atoms with Crippen molar-refractivity contribution in [1.29, 1.82) is 0 Å². The van der Waals surface area contributed by atoms with Crippen LogP contribution in [0.5, 0.6) is 0 Å². The Kier molecular flexibility index (Phi) is 6.56. The SMILES string of the molecule is Cc1ccc(NC(=O)CSc2nnc(Cc3ccc(Cl)cc3)c(=O)n2N)cc1C. The summed E-state index contributed by atoms with van der Waals surface area (Å²) in [6.07, 6.45) is 0.290. The first-order chi connectivity index (χ1) is 13.8. The predicted molar refractivity (Wildman–Crippen MR) is 116 cm³/mol. The van der Waals surface area contributed by atoms with Crippen molar-refractivity contribution >= 4 is 35.0 Å². The van der Waals surface area contributed by atoms with Gasteiger partial charge in [0.05, 0.1) is 5.75 Å². The second-order valence-electron chi connectivity index (χ2n) is 6.54. The minimum absolute atomic E-state index is 0.0504. The van der Waals surface area contributed by atoms with Crippen molar-refractivity contribution in [2.45, 2.75) is 25.4 Å². The van der Waals surface area contributed by atoms with Gasteiger partial charge in [0, 0.05) is 17.1 Å². The average molecular weight is 430 g/mol. The Hall–Kier alpha value is -2.84. The molecule has 0 radical (unpaired) electrons. The number of rotatable bonds is 6. The molecule has 3 aromatic rings. The van der Waals surface area contributed by atoms with Gasteiger partial charge in [-0.3, -0.25) is 9.59 Å². The van der Waals surface area contributed by atoms with Crippen LogP contribution in [0.1, 0.15) is 22.4 Å². The molecule has 1 amide bonds. The van der Waals surface area contributed by atoms with Crippen LogP contribution in [0, 0.1) is 13.8 Å². The second-order valence-corrected chi connectivity index (χ2v) is 7.92. The van der Waals surface area contributed by atoms with Crippen LogP contribution >= 0.6 is 23.4 Å². The third-order valence-electron chi connectivity index (χ3n) is 4.34. The maximum atomic E-state index is 12.5. The predicted octanol–water partition coefficient (Wildman–Crippen LogP) is 2.94. The molecule has 2 aromatic carbocycles. The fourth-order valence-corrected chi connectivity index (χ4v) is 3.35. The Morgan fingerprint density at radius 3 is 2.55 bits per heavy atom. The molecule has 3 N–H and O–H groups in total. The minimum Gasteiger partial charge on any atom is -0.334 e. The van der Waals surface area contributed by atoms with Gasteiger partial charge in [-0.25, -0.2) is 0 Å². The normalized spacial score (nSPS) is 10.7. The number of nitrogens with one attached hydrogen (secondary N) is 1. The van der Waals surface area contributed by atoms with Crippen molar-refractivity contribution in [2.24, 2.45) is 0 Å². The standard InChI is InChI=1S/C20H20ClN5O2S/c1-12-3-8-16(9-13(12)2)23-18(27)11-29-20-25-24-17(19(28)26(20)22)10-14-4-6-15(21)7-5-14/h3-9H,10-11,22H2,1-2H3,(H,23,27). The van der Waals surface area contributed by atoms with Crippen molar-refractivity contribution < 1.29 is 4.79 Å². The summed E-state index contributed by atoms with van der Waals surface area (Å²) in [6, 6.07) is 12.8. The number of nitrogens with zero attached hydrogens (tertiary/aromatic N) is 3. The van der Waals surface area contributed by atoms with E-state index in [-0.39, 0.29) is 22.5 Å². The Labute approximate surface area is 177 Å². The molecule has 0 aliphatic rings. The number of nitrogen functional groups attached to an aromatic ring is 1. The summed E-state index contributed by atoms with van der Waals surface area (Å²) in [6.45, 7) is 3.99. The van der Waals surface area contributed by atoms with Gasteiger partial charge in [-0.1, -0.05) is 41.6 Å². The van der Waals surface area contributed by atoms with E-state index < -0.39 is 5.56 Å². The van der Waals surface area contributed by atoms with Gasteiger partial charge in [0.15, 0.2) is 0 Å². The number of aromatic nitrogens is 3. The molecule has 7 nitrogen and oxygen atoms in total. The molecule has 1 heterocycles. The fraction of sp³-hybridized carbons (Fsp3) is 0.200. The van der Waals surface area contributed by atoms with Gasteiger partial charge in [-0.15, -0.1) is 10.2 Å². The molecule has 1 aromatic heterocycles. The van der Waals surface area contributed by atoms with E-state index in [1.807, 2.05) is 44.2 Å². The molecular weight excluding hydrogens is 410 g/mol.